The monoisotopic (exact) mass is 185 g/mol. The fourth-order valence-corrected chi connectivity index (χ4v) is 1.72. The third-order valence-electron chi connectivity index (χ3n) is 2.54. The van der Waals surface area contributed by atoms with E-state index in [1.807, 2.05) is 6.20 Å². The topological polar surface area (TPSA) is 12.9 Å². The summed E-state index contributed by atoms with van der Waals surface area (Å²) in [6, 6.07) is 2.05. The van der Waals surface area contributed by atoms with Gasteiger partial charge in [-0.05, 0) is 24.6 Å². The quantitative estimate of drug-likeness (QED) is 0.597. The highest BCUT2D eigenvalue weighted by molar-refractivity contribution is 5.48. The lowest BCUT2D eigenvalue weighted by Gasteiger charge is -2.12. The first-order valence-electron chi connectivity index (χ1n) is 4.93. The molecule has 0 N–H and O–H groups in total. The molecule has 2 rings (SSSR count). The SMILES string of the molecule is Cc1ccnc2c1=CC=CC(C)(C)C=2. The fourth-order valence-electron chi connectivity index (χ4n) is 1.72. The highest BCUT2D eigenvalue weighted by Crippen LogP contribution is 2.19. The van der Waals surface area contributed by atoms with Crippen molar-refractivity contribution in [1.29, 1.82) is 0 Å². The smallest absolute Gasteiger partial charge is 0.0673 e. The van der Waals surface area contributed by atoms with Crippen molar-refractivity contribution in [2.24, 2.45) is 5.41 Å². The van der Waals surface area contributed by atoms with Gasteiger partial charge >= 0.3 is 0 Å². The minimum Gasteiger partial charge on any atom is -0.257 e. The molecule has 1 nitrogen and oxygen atoms in total. The van der Waals surface area contributed by atoms with Crippen LogP contribution in [0.2, 0.25) is 0 Å². The van der Waals surface area contributed by atoms with E-state index < -0.39 is 0 Å². The van der Waals surface area contributed by atoms with Gasteiger partial charge < -0.3 is 0 Å². The Hall–Kier alpha value is -1.37. The molecule has 0 fully saturated rings. The van der Waals surface area contributed by atoms with Gasteiger partial charge in [-0.15, -0.1) is 0 Å². The van der Waals surface area contributed by atoms with Crippen LogP contribution in [0.15, 0.2) is 24.4 Å². The number of allylic oxidation sites excluding steroid dienone is 2. The molecule has 0 spiro atoms. The first-order valence-corrected chi connectivity index (χ1v) is 4.93. The molecule has 0 radical (unpaired) electrons. The van der Waals surface area contributed by atoms with E-state index in [-0.39, 0.29) is 5.41 Å². The molecular weight excluding hydrogens is 170 g/mol. The Morgan fingerprint density at radius 3 is 2.86 bits per heavy atom. The Morgan fingerprint density at radius 1 is 1.29 bits per heavy atom. The Morgan fingerprint density at radius 2 is 2.07 bits per heavy atom. The number of fused-ring (bicyclic) bond motifs is 1. The maximum absolute atomic E-state index is 4.41. The summed E-state index contributed by atoms with van der Waals surface area (Å²) in [5.41, 5.74) is 1.39. The molecular formula is C13H15N. The van der Waals surface area contributed by atoms with Crippen LogP contribution in [0, 0.1) is 12.3 Å². The van der Waals surface area contributed by atoms with Crippen LogP contribution in [-0.4, -0.2) is 4.98 Å². The summed E-state index contributed by atoms with van der Waals surface area (Å²) in [7, 11) is 0. The van der Waals surface area contributed by atoms with E-state index in [0.717, 1.165) is 5.35 Å². The number of aromatic nitrogens is 1. The summed E-state index contributed by atoms with van der Waals surface area (Å²) >= 11 is 0. The molecule has 0 bridgehead atoms. The van der Waals surface area contributed by atoms with Crippen molar-refractivity contribution in [3.8, 4) is 0 Å². The van der Waals surface area contributed by atoms with Gasteiger partial charge in [-0.2, -0.15) is 0 Å². The molecule has 0 amide bonds. The van der Waals surface area contributed by atoms with Crippen LogP contribution < -0.4 is 10.6 Å². The molecule has 1 aromatic heterocycles. The van der Waals surface area contributed by atoms with E-state index >= 15 is 0 Å². The molecule has 1 heteroatoms. The van der Waals surface area contributed by atoms with Crippen LogP contribution in [0.1, 0.15) is 19.4 Å². The van der Waals surface area contributed by atoms with Gasteiger partial charge in [0.1, 0.15) is 0 Å². The van der Waals surface area contributed by atoms with Gasteiger partial charge in [-0.25, -0.2) is 0 Å². The van der Waals surface area contributed by atoms with Gasteiger partial charge in [0.15, 0.2) is 0 Å². The highest BCUT2D eigenvalue weighted by atomic mass is 14.6. The zero-order valence-electron chi connectivity index (χ0n) is 8.91. The van der Waals surface area contributed by atoms with Gasteiger partial charge in [-0.3, -0.25) is 4.98 Å². The molecule has 0 atom stereocenters. The Balaban J connectivity index is 2.83. The van der Waals surface area contributed by atoms with Gasteiger partial charge in [0, 0.05) is 16.8 Å². The number of aryl methyl sites for hydroxylation is 1. The molecule has 0 unspecified atom stereocenters. The Labute approximate surface area is 84.5 Å². The van der Waals surface area contributed by atoms with Crippen molar-refractivity contribution in [1.82, 2.24) is 4.98 Å². The second-order valence-corrected chi connectivity index (χ2v) is 4.42. The second kappa shape index (κ2) is 3.09. The molecule has 0 aromatic carbocycles. The molecule has 1 aliphatic rings. The average molecular weight is 185 g/mol. The summed E-state index contributed by atoms with van der Waals surface area (Å²) in [5.74, 6) is 0. The van der Waals surface area contributed by atoms with Gasteiger partial charge in [0.25, 0.3) is 0 Å². The maximum atomic E-state index is 4.41. The van der Waals surface area contributed by atoms with Gasteiger partial charge in [0.2, 0.25) is 0 Å². The minimum atomic E-state index is 0.0997. The lowest BCUT2D eigenvalue weighted by molar-refractivity contribution is 0.669. The predicted octanol–water partition coefficient (Wildman–Crippen LogP) is 1.55. The zero-order valence-corrected chi connectivity index (χ0v) is 8.91. The van der Waals surface area contributed by atoms with Crippen LogP contribution in [0.5, 0.6) is 0 Å². The molecule has 0 saturated carbocycles. The summed E-state index contributed by atoms with van der Waals surface area (Å²) < 4.78 is 0. The summed E-state index contributed by atoms with van der Waals surface area (Å²) in [6.07, 6.45) is 10.6. The Kier molecular flexibility index (Phi) is 2.03. The van der Waals surface area contributed by atoms with E-state index in [1.165, 1.54) is 10.8 Å². The van der Waals surface area contributed by atoms with Gasteiger partial charge in [-0.1, -0.05) is 32.1 Å². The predicted molar refractivity (Wildman–Crippen MR) is 60.1 cm³/mol. The lowest BCUT2D eigenvalue weighted by Crippen LogP contribution is -2.31. The molecule has 72 valence electrons. The third kappa shape index (κ3) is 1.63. The molecule has 0 saturated heterocycles. The largest absolute Gasteiger partial charge is 0.257 e. The lowest BCUT2D eigenvalue weighted by atomic mass is 9.93. The summed E-state index contributed by atoms with van der Waals surface area (Å²) in [4.78, 5) is 4.41. The first-order chi connectivity index (χ1) is 6.58. The van der Waals surface area contributed by atoms with Crippen LogP contribution in [0.4, 0.5) is 0 Å². The summed E-state index contributed by atoms with van der Waals surface area (Å²) in [6.45, 7) is 6.50. The van der Waals surface area contributed by atoms with E-state index in [2.05, 4.69) is 56.1 Å². The van der Waals surface area contributed by atoms with Crippen molar-refractivity contribution in [2.45, 2.75) is 20.8 Å². The van der Waals surface area contributed by atoms with Crippen molar-refractivity contribution in [3.05, 3.63) is 40.5 Å². The molecule has 1 aromatic rings. The molecule has 14 heavy (non-hydrogen) atoms. The second-order valence-electron chi connectivity index (χ2n) is 4.42. The number of pyridine rings is 1. The number of rotatable bonds is 0. The number of hydrogen-bond acceptors (Lipinski definition) is 1. The van der Waals surface area contributed by atoms with E-state index in [0.29, 0.717) is 0 Å². The molecule has 0 aliphatic heterocycles. The zero-order chi connectivity index (χ0) is 10.2. The Bertz CT molecular complexity index is 492. The van der Waals surface area contributed by atoms with E-state index in [4.69, 9.17) is 0 Å². The van der Waals surface area contributed by atoms with Crippen LogP contribution in [0.25, 0.3) is 12.2 Å². The molecule has 1 heterocycles. The third-order valence-corrected chi connectivity index (χ3v) is 2.54. The number of hydrogen-bond donors (Lipinski definition) is 0. The first kappa shape index (κ1) is 9.20. The van der Waals surface area contributed by atoms with Crippen LogP contribution in [0.3, 0.4) is 0 Å². The average Bonchev–Trinajstić information content (AvgIpc) is 2.23. The fraction of sp³-hybridized carbons (Fsp3) is 0.308. The van der Waals surface area contributed by atoms with Crippen molar-refractivity contribution < 1.29 is 0 Å². The summed E-state index contributed by atoms with van der Waals surface area (Å²) in [5, 5.41) is 2.34. The molecule has 1 aliphatic carbocycles. The van der Waals surface area contributed by atoms with Crippen molar-refractivity contribution in [3.63, 3.8) is 0 Å². The standard InChI is InChI=1S/C13H15N/c1-10-6-8-14-12-9-13(2,3)7-4-5-11(10)12/h4-9H,1-3H3. The minimum absolute atomic E-state index is 0.0997. The normalized spacial score (nSPS) is 17.6. The van der Waals surface area contributed by atoms with Crippen LogP contribution >= 0.6 is 0 Å². The van der Waals surface area contributed by atoms with E-state index in [1.54, 1.807) is 0 Å². The van der Waals surface area contributed by atoms with Crippen LogP contribution in [-0.2, 0) is 0 Å². The van der Waals surface area contributed by atoms with Crippen molar-refractivity contribution >= 4 is 12.2 Å². The number of nitrogens with zero attached hydrogens (tertiary/aromatic N) is 1. The van der Waals surface area contributed by atoms with Gasteiger partial charge in [0.05, 0.1) is 5.35 Å². The van der Waals surface area contributed by atoms with Crippen molar-refractivity contribution in [2.75, 3.05) is 0 Å². The highest BCUT2D eigenvalue weighted by Gasteiger charge is 2.10. The van der Waals surface area contributed by atoms with E-state index in [9.17, 15) is 0 Å². The maximum Gasteiger partial charge on any atom is 0.0673 e.